The molecule has 0 bridgehead atoms. The van der Waals surface area contributed by atoms with E-state index in [1.54, 1.807) is 6.20 Å². The van der Waals surface area contributed by atoms with Crippen molar-refractivity contribution < 1.29 is 0 Å². The van der Waals surface area contributed by atoms with Crippen LogP contribution in [-0.2, 0) is 0 Å². The van der Waals surface area contributed by atoms with Gasteiger partial charge in [-0.25, -0.2) is 4.98 Å². The SMILES string of the molecule is Cc1cnc2[c]cccc2n1. The summed E-state index contributed by atoms with van der Waals surface area (Å²) in [7, 11) is 0. The van der Waals surface area contributed by atoms with Gasteiger partial charge < -0.3 is 0 Å². The first-order valence-corrected chi connectivity index (χ1v) is 3.46. The van der Waals surface area contributed by atoms with Gasteiger partial charge in [0.15, 0.2) is 0 Å². The van der Waals surface area contributed by atoms with Gasteiger partial charge in [-0.1, -0.05) is 12.1 Å². The summed E-state index contributed by atoms with van der Waals surface area (Å²) < 4.78 is 0. The minimum absolute atomic E-state index is 0.832. The highest BCUT2D eigenvalue weighted by molar-refractivity contribution is 5.72. The molecule has 0 unspecified atom stereocenters. The summed E-state index contributed by atoms with van der Waals surface area (Å²) >= 11 is 0. The predicted octanol–water partition coefficient (Wildman–Crippen LogP) is 1.74. The number of benzene rings is 1. The van der Waals surface area contributed by atoms with Crippen LogP contribution in [0.25, 0.3) is 11.0 Å². The van der Waals surface area contributed by atoms with E-state index in [1.165, 1.54) is 0 Å². The summed E-state index contributed by atoms with van der Waals surface area (Å²) in [6.07, 6.45) is 1.75. The molecule has 11 heavy (non-hydrogen) atoms. The average Bonchev–Trinajstić information content (AvgIpc) is 2.04. The Morgan fingerprint density at radius 3 is 3.27 bits per heavy atom. The lowest BCUT2D eigenvalue weighted by atomic mass is 10.3. The lowest BCUT2D eigenvalue weighted by Gasteiger charge is -1.94. The standard InChI is InChI=1S/C9H7N2/c1-7-6-10-8-4-2-3-5-9(8)11-7/h2-3,5-6H,1H3. The third kappa shape index (κ3) is 1.07. The average molecular weight is 143 g/mol. The normalized spacial score (nSPS) is 10.3. The zero-order valence-electron chi connectivity index (χ0n) is 6.20. The number of aromatic nitrogens is 2. The molecule has 0 aliphatic rings. The van der Waals surface area contributed by atoms with Gasteiger partial charge >= 0.3 is 0 Å². The van der Waals surface area contributed by atoms with Crippen molar-refractivity contribution in [1.82, 2.24) is 9.97 Å². The Morgan fingerprint density at radius 2 is 2.36 bits per heavy atom. The van der Waals surface area contributed by atoms with Gasteiger partial charge in [0.1, 0.15) is 0 Å². The van der Waals surface area contributed by atoms with Crippen molar-refractivity contribution in [1.29, 1.82) is 0 Å². The van der Waals surface area contributed by atoms with E-state index in [1.807, 2.05) is 25.1 Å². The Labute approximate surface area is 64.9 Å². The minimum Gasteiger partial charge on any atom is -0.252 e. The highest BCUT2D eigenvalue weighted by Crippen LogP contribution is 2.06. The van der Waals surface area contributed by atoms with Crippen molar-refractivity contribution in [2.24, 2.45) is 0 Å². The minimum atomic E-state index is 0.832. The van der Waals surface area contributed by atoms with Crippen molar-refractivity contribution >= 4 is 11.0 Å². The number of fused-ring (bicyclic) bond motifs is 1. The van der Waals surface area contributed by atoms with Gasteiger partial charge in [0.25, 0.3) is 0 Å². The summed E-state index contributed by atoms with van der Waals surface area (Å²) in [6, 6.07) is 8.69. The van der Waals surface area contributed by atoms with E-state index in [0.29, 0.717) is 0 Å². The van der Waals surface area contributed by atoms with Gasteiger partial charge in [0, 0.05) is 12.3 Å². The maximum absolute atomic E-state index is 4.28. The lowest BCUT2D eigenvalue weighted by molar-refractivity contribution is 1.18. The first-order chi connectivity index (χ1) is 5.36. The quantitative estimate of drug-likeness (QED) is 0.561. The van der Waals surface area contributed by atoms with Crippen LogP contribution in [0.5, 0.6) is 0 Å². The molecule has 0 N–H and O–H groups in total. The second-order valence-corrected chi connectivity index (χ2v) is 2.42. The first-order valence-electron chi connectivity index (χ1n) is 3.46. The van der Waals surface area contributed by atoms with E-state index >= 15 is 0 Å². The van der Waals surface area contributed by atoms with Crippen LogP contribution in [0.4, 0.5) is 0 Å². The summed E-state index contributed by atoms with van der Waals surface area (Å²) in [5.41, 5.74) is 2.68. The smallest absolute Gasteiger partial charge is 0.0966 e. The molecular weight excluding hydrogens is 136 g/mol. The highest BCUT2D eigenvalue weighted by Gasteiger charge is 1.93. The molecule has 0 spiro atoms. The molecule has 2 heteroatoms. The van der Waals surface area contributed by atoms with Gasteiger partial charge in [0.2, 0.25) is 0 Å². The van der Waals surface area contributed by atoms with Crippen LogP contribution >= 0.6 is 0 Å². The largest absolute Gasteiger partial charge is 0.252 e. The van der Waals surface area contributed by atoms with Crippen molar-refractivity contribution in [3.63, 3.8) is 0 Å². The van der Waals surface area contributed by atoms with Crippen LogP contribution in [0.15, 0.2) is 24.4 Å². The number of hydrogen-bond donors (Lipinski definition) is 0. The Hall–Kier alpha value is -1.44. The van der Waals surface area contributed by atoms with Crippen LogP contribution in [0.3, 0.4) is 0 Å². The highest BCUT2D eigenvalue weighted by atomic mass is 14.8. The van der Waals surface area contributed by atoms with E-state index in [-0.39, 0.29) is 0 Å². The van der Waals surface area contributed by atoms with Crippen LogP contribution in [0.2, 0.25) is 0 Å². The summed E-state index contributed by atoms with van der Waals surface area (Å²) in [5, 5.41) is 0. The molecule has 0 amide bonds. The van der Waals surface area contributed by atoms with Gasteiger partial charge in [-0.2, -0.15) is 0 Å². The maximum atomic E-state index is 4.28. The molecule has 2 rings (SSSR count). The monoisotopic (exact) mass is 143 g/mol. The molecule has 1 aromatic carbocycles. The summed E-state index contributed by atoms with van der Waals surface area (Å²) in [6.45, 7) is 1.93. The van der Waals surface area contributed by atoms with Crippen LogP contribution < -0.4 is 0 Å². The first kappa shape index (κ1) is 6.28. The maximum Gasteiger partial charge on any atom is 0.0966 e. The second-order valence-electron chi connectivity index (χ2n) is 2.42. The Bertz CT molecular complexity index is 382. The zero-order chi connectivity index (χ0) is 7.68. The Kier molecular flexibility index (Phi) is 1.32. The fourth-order valence-corrected chi connectivity index (χ4v) is 0.990. The third-order valence-corrected chi connectivity index (χ3v) is 1.49. The van der Waals surface area contributed by atoms with E-state index in [4.69, 9.17) is 0 Å². The number of nitrogens with zero attached hydrogens (tertiary/aromatic N) is 2. The van der Waals surface area contributed by atoms with Crippen LogP contribution in [0, 0.1) is 13.0 Å². The second kappa shape index (κ2) is 2.31. The Morgan fingerprint density at radius 1 is 1.45 bits per heavy atom. The number of rotatable bonds is 0. The van der Waals surface area contributed by atoms with E-state index in [0.717, 1.165) is 16.7 Å². The Balaban J connectivity index is 2.83. The molecule has 1 radical (unpaired) electrons. The topological polar surface area (TPSA) is 25.8 Å². The number of hydrogen-bond acceptors (Lipinski definition) is 2. The molecule has 0 saturated carbocycles. The molecule has 0 aliphatic carbocycles. The fraction of sp³-hybridized carbons (Fsp3) is 0.111. The molecule has 0 aliphatic heterocycles. The van der Waals surface area contributed by atoms with Gasteiger partial charge in [0.05, 0.1) is 16.7 Å². The van der Waals surface area contributed by atoms with Crippen molar-refractivity contribution in [2.75, 3.05) is 0 Å². The van der Waals surface area contributed by atoms with Crippen molar-refractivity contribution in [3.05, 3.63) is 36.2 Å². The lowest BCUT2D eigenvalue weighted by Crippen LogP contribution is -1.85. The molecule has 2 nitrogen and oxygen atoms in total. The molecule has 53 valence electrons. The van der Waals surface area contributed by atoms with Crippen molar-refractivity contribution in [2.45, 2.75) is 6.92 Å². The van der Waals surface area contributed by atoms with E-state index in [9.17, 15) is 0 Å². The molecule has 1 heterocycles. The van der Waals surface area contributed by atoms with E-state index in [2.05, 4.69) is 16.0 Å². The number of aryl methyl sites for hydroxylation is 1. The van der Waals surface area contributed by atoms with Crippen LogP contribution in [-0.4, -0.2) is 9.97 Å². The molecule has 0 atom stereocenters. The zero-order valence-corrected chi connectivity index (χ0v) is 6.20. The van der Waals surface area contributed by atoms with Gasteiger partial charge in [-0.3, -0.25) is 4.98 Å². The van der Waals surface area contributed by atoms with Crippen LogP contribution in [0.1, 0.15) is 5.69 Å². The van der Waals surface area contributed by atoms with Gasteiger partial charge in [-0.15, -0.1) is 0 Å². The summed E-state index contributed by atoms with van der Waals surface area (Å²) in [5.74, 6) is 0. The predicted molar refractivity (Wildman–Crippen MR) is 43.1 cm³/mol. The molecule has 2 aromatic rings. The van der Waals surface area contributed by atoms with E-state index < -0.39 is 0 Å². The van der Waals surface area contributed by atoms with Gasteiger partial charge in [-0.05, 0) is 13.0 Å². The number of para-hydroxylation sites is 1. The molecule has 0 fully saturated rings. The summed E-state index contributed by atoms with van der Waals surface area (Å²) in [4.78, 5) is 8.44. The molecule has 1 aromatic heterocycles. The van der Waals surface area contributed by atoms with Crippen molar-refractivity contribution in [3.8, 4) is 0 Å². The molecule has 0 saturated heterocycles. The molecular formula is C9H7N2. The third-order valence-electron chi connectivity index (χ3n) is 1.49. The fourth-order valence-electron chi connectivity index (χ4n) is 0.990.